The van der Waals surface area contributed by atoms with E-state index < -0.39 is 16.2 Å². The minimum absolute atomic E-state index is 0. The number of ether oxygens (including phenoxy) is 1. The van der Waals surface area contributed by atoms with Crippen molar-refractivity contribution in [3.05, 3.63) is 0 Å². The van der Waals surface area contributed by atoms with Crippen LogP contribution in [-0.2, 0) is 23.5 Å². The van der Waals surface area contributed by atoms with Gasteiger partial charge in [-0.2, -0.15) is 8.42 Å². The van der Waals surface area contributed by atoms with Crippen LogP contribution in [0.5, 0.6) is 0 Å². The molecule has 0 bridgehead atoms. The van der Waals surface area contributed by atoms with Crippen molar-refractivity contribution >= 4 is 10.4 Å². The maximum atomic E-state index is 11.7. The van der Waals surface area contributed by atoms with E-state index in [1.165, 1.54) is 57.8 Å². The Hall–Kier alpha value is 0.830. The van der Waals surface area contributed by atoms with Gasteiger partial charge in [-0.3, -0.25) is 0 Å². The Labute approximate surface area is 186 Å². The molecule has 0 heterocycles. The molecule has 154 valence electrons. The normalized spacial score (nSPS) is 14.0. The summed E-state index contributed by atoms with van der Waals surface area (Å²) in [6.07, 6.45) is 14.3. The van der Waals surface area contributed by atoms with E-state index in [4.69, 9.17) is 8.92 Å². The van der Waals surface area contributed by atoms with Crippen molar-refractivity contribution in [2.45, 2.75) is 111 Å². The van der Waals surface area contributed by atoms with Crippen molar-refractivity contribution in [1.82, 2.24) is 0 Å². The van der Waals surface area contributed by atoms with E-state index in [1.807, 2.05) is 6.92 Å². The molecular weight excluding hydrogens is 363 g/mol. The molecule has 0 fully saturated rings. The second-order valence-corrected chi connectivity index (χ2v) is 7.97. The zero-order chi connectivity index (χ0) is 19.0. The van der Waals surface area contributed by atoms with Crippen LogP contribution in [0.2, 0.25) is 0 Å². The molecule has 0 rings (SSSR count). The van der Waals surface area contributed by atoms with Crippen LogP contribution in [0, 0.1) is 0 Å². The first-order valence-corrected chi connectivity index (χ1v) is 11.5. The number of rotatable bonds is 18. The number of unbranched alkanes of at least 4 members (excludes halogenated alkanes) is 10. The van der Waals surface area contributed by atoms with E-state index in [0.717, 1.165) is 12.8 Å². The van der Waals surface area contributed by atoms with Crippen molar-refractivity contribution in [2.75, 3.05) is 13.2 Å². The van der Waals surface area contributed by atoms with Gasteiger partial charge in [0.15, 0.2) is 5.79 Å². The van der Waals surface area contributed by atoms with Crippen LogP contribution in [0.3, 0.4) is 0 Å². The Kier molecular flexibility index (Phi) is 20.0. The molecule has 0 aliphatic carbocycles. The zero-order valence-electron chi connectivity index (χ0n) is 18.8. The van der Waals surface area contributed by atoms with Gasteiger partial charge in [-0.05, 0) is 27.2 Å². The first-order chi connectivity index (χ1) is 11.9. The summed E-state index contributed by atoms with van der Waals surface area (Å²) in [5.41, 5.74) is 0. The average molecular weight is 405 g/mol. The smallest absolute Gasteiger partial charge is 1.00 e. The Morgan fingerprint density at radius 2 is 1.23 bits per heavy atom. The predicted octanol–water partition coefficient (Wildman–Crippen LogP) is 2.85. The largest absolute Gasteiger partial charge is 1.00 e. The first kappa shape index (κ1) is 29.0. The van der Waals surface area contributed by atoms with Crippen LogP contribution in [0.1, 0.15) is 106 Å². The third kappa shape index (κ3) is 17.0. The van der Waals surface area contributed by atoms with Crippen molar-refractivity contribution in [1.29, 1.82) is 0 Å². The van der Waals surface area contributed by atoms with Gasteiger partial charge >= 0.3 is 40.0 Å². The van der Waals surface area contributed by atoms with E-state index in [1.54, 1.807) is 13.8 Å². The molecule has 0 saturated carbocycles. The van der Waals surface area contributed by atoms with Crippen molar-refractivity contribution < 1.29 is 52.5 Å². The van der Waals surface area contributed by atoms with Gasteiger partial charge in [-0.1, -0.05) is 71.1 Å². The monoisotopic (exact) mass is 404 g/mol. The van der Waals surface area contributed by atoms with Gasteiger partial charge in [0.25, 0.3) is 0 Å². The first-order valence-electron chi connectivity index (χ1n) is 10.1. The molecule has 0 aromatic carbocycles. The molecule has 26 heavy (non-hydrogen) atoms. The standard InChI is InChI=1S/C19H40O5S.Na.H/c1-5-8-9-10-11-12-13-14-15-16-17-18-19(4,22-6-2)24-25(20,21)23-7-3;;/h5-18H2,1-4H3;;/q;+1;-1. The molecule has 0 aromatic heterocycles. The van der Waals surface area contributed by atoms with Gasteiger partial charge in [0.2, 0.25) is 0 Å². The molecular formula is C19H41NaO5S. The second-order valence-electron chi connectivity index (χ2n) is 6.75. The van der Waals surface area contributed by atoms with E-state index in [0.29, 0.717) is 13.0 Å². The molecule has 0 aliphatic rings. The van der Waals surface area contributed by atoms with Crippen molar-refractivity contribution in [2.24, 2.45) is 0 Å². The fourth-order valence-corrected chi connectivity index (χ4v) is 3.84. The summed E-state index contributed by atoms with van der Waals surface area (Å²) in [7, 11) is -4.00. The van der Waals surface area contributed by atoms with Gasteiger partial charge in [0.05, 0.1) is 6.61 Å². The molecule has 0 radical (unpaired) electrons. The fourth-order valence-electron chi connectivity index (χ4n) is 2.94. The van der Waals surface area contributed by atoms with E-state index in [2.05, 4.69) is 11.1 Å². The van der Waals surface area contributed by atoms with Crippen LogP contribution in [-0.4, -0.2) is 27.4 Å². The summed E-state index contributed by atoms with van der Waals surface area (Å²) < 4.78 is 38.7. The zero-order valence-corrected chi connectivity index (χ0v) is 20.7. The molecule has 5 nitrogen and oxygen atoms in total. The second kappa shape index (κ2) is 17.9. The third-order valence-electron chi connectivity index (χ3n) is 4.22. The summed E-state index contributed by atoms with van der Waals surface area (Å²) in [4.78, 5) is 0. The Bertz CT molecular complexity index is 409. The summed E-state index contributed by atoms with van der Waals surface area (Å²) in [5, 5.41) is 0. The minimum Gasteiger partial charge on any atom is -1.00 e. The van der Waals surface area contributed by atoms with E-state index in [-0.39, 0.29) is 37.6 Å². The summed E-state index contributed by atoms with van der Waals surface area (Å²) in [5.74, 6) is -1.14. The maximum absolute atomic E-state index is 11.7. The average Bonchev–Trinajstić information content (AvgIpc) is 2.52. The Morgan fingerprint density at radius 1 is 0.769 bits per heavy atom. The summed E-state index contributed by atoms with van der Waals surface area (Å²) in [6.45, 7) is 7.81. The molecule has 0 amide bonds. The van der Waals surface area contributed by atoms with E-state index in [9.17, 15) is 8.42 Å². The predicted molar refractivity (Wildman–Crippen MR) is 104 cm³/mol. The maximum Gasteiger partial charge on any atom is 1.00 e. The number of hydrogen-bond donors (Lipinski definition) is 0. The summed E-state index contributed by atoms with van der Waals surface area (Å²) in [6, 6.07) is 0. The van der Waals surface area contributed by atoms with Crippen LogP contribution in [0.25, 0.3) is 0 Å². The molecule has 0 saturated heterocycles. The Balaban J connectivity index is -0.00000288. The van der Waals surface area contributed by atoms with Gasteiger partial charge in [0, 0.05) is 13.0 Å². The Morgan fingerprint density at radius 3 is 1.65 bits per heavy atom. The summed E-state index contributed by atoms with van der Waals surface area (Å²) >= 11 is 0. The van der Waals surface area contributed by atoms with Gasteiger partial charge in [0.1, 0.15) is 0 Å². The van der Waals surface area contributed by atoms with E-state index >= 15 is 0 Å². The molecule has 1 atom stereocenters. The SMILES string of the molecule is CCCCCCCCCCCCCC(C)(OCC)OS(=O)(=O)OCC.[H-].[Na+]. The molecule has 0 N–H and O–H groups in total. The molecule has 0 aromatic rings. The minimum atomic E-state index is -4.00. The quantitative estimate of drug-likeness (QED) is 0.200. The van der Waals surface area contributed by atoms with Gasteiger partial charge < -0.3 is 6.16 Å². The molecule has 0 spiro atoms. The molecule has 1 unspecified atom stereocenters. The molecule has 7 heteroatoms. The van der Waals surface area contributed by atoms with Crippen LogP contribution < -0.4 is 29.6 Å². The van der Waals surface area contributed by atoms with Crippen LogP contribution in [0.4, 0.5) is 0 Å². The topological polar surface area (TPSA) is 61.8 Å². The van der Waals surface area contributed by atoms with Crippen LogP contribution in [0.15, 0.2) is 0 Å². The molecule has 0 aliphatic heterocycles. The van der Waals surface area contributed by atoms with Crippen molar-refractivity contribution in [3.63, 3.8) is 0 Å². The van der Waals surface area contributed by atoms with Crippen LogP contribution >= 0.6 is 0 Å². The number of hydrogen-bond acceptors (Lipinski definition) is 5. The third-order valence-corrected chi connectivity index (χ3v) is 5.31. The van der Waals surface area contributed by atoms with Gasteiger partial charge in [-0.15, -0.1) is 0 Å². The fraction of sp³-hybridized carbons (Fsp3) is 1.00. The van der Waals surface area contributed by atoms with Crippen molar-refractivity contribution in [3.8, 4) is 0 Å². The van der Waals surface area contributed by atoms with Gasteiger partial charge in [-0.25, -0.2) is 8.37 Å².